The van der Waals surface area contributed by atoms with E-state index in [1.165, 1.54) is 4.90 Å². The van der Waals surface area contributed by atoms with E-state index in [1.807, 2.05) is 19.1 Å². The molecular weight excluding hydrogens is 286 g/mol. The topological polar surface area (TPSA) is 60.8 Å². The van der Waals surface area contributed by atoms with Gasteiger partial charge in [-0.1, -0.05) is 22.0 Å². The first-order chi connectivity index (χ1) is 8.10. The average Bonchev–Trinajstić information content (AvgIpc) is 2.31. The quantitative estimate of drug-likeness (QED) is 0.859. The highest BCUT2D eigenvalue weighted by atomic mass is 79.9. The summed E-state index contributed by atoms with van der Waals surface area (Å²) < 4.78 is 0.833. The first kappa shape index (κ1) is 14.2. The third-order valence-corrected chi connectivity index (χ3v) is 2.95. The lowest BCUT2D eigenvalue weighted by Gasteiger charge is -2.21. The number of halogens is 1. The fourth-order valence-corrected chi connectivity index (χ4v) is 1.91. The van der Waals surface area contributed by atoms with Crippen molar-refractivity contribution < 1.29 is 15.0 Å². The van der Waals surface area contributed by atoms with E-state index in [9.17, 15) is 4.79 Å². The summed E-state index contributed by atoms with van der Waals surface area (Å²) in [5.74, 6) is -0.174. The van der Waals surface area contributed by atoms with Gasteiger partial charge >= 0.3 is 0 Å². The van der Waals surface area contributed by atoms with Crippen molar-refractivity contribution in [3.05, 3.63) is 33.8 Å². The van der Waals surface area contributed by atoms with Gasteiger partial charge in [0.15, 0.2) is 0 Å². The molecule has 1 rings (SSSR count). The monoisotopic (exact) mass is 301 g/mol. The Balaban J connectivity index is 2.95. The molecule has 0 aliphatic carbocycles. The molecule has 1 aromatic carbocycles. The zero-order valence-electron chi connectivity index (χ0n) is 9.69. The van der Waals surface area contributed by atoms with Crippen molar-refractivity contribution >= 4 is 21.8 Å². The predicted octanol–water partition coefficient (Wildman–Crippen LogP) is 1.18. The molecule has 1 aromatic rings. The maximum atomic E-state index is 12.2. The summed E-state index contributed by atoms with van der Waals surface area (Å²) >= 11 is 3.32. The molecule has 0 heterocycles. The number of carbonyl (C=O) groups excluding carboxylic acids is 1. The molecule has 4 nitrogen and oxygen atoms in total. The van der Waals surface area contributed by atoms with Gasteiger partial charge < -0.3 is 15.1 Å². The molecule has 2 N–H and O–H groups in total. The molecule has 5 heteroatoms. The standard InChI is InChI=1S/C12H16BrNO3/c1-9-2-3-10(13)8-11(9)12(17)14(4-6-15)5-7-16/h2-3,8,15-16H,4-7H2,1H3. The van der Waals surface area contributed by atoms with Gasteiger partial charge in [-0.05, 0) is 24.6 Å². The summed E-state index contributed by atoms with van der Waals surface area (Å²) in [6.45, 7) is 2.09. The summed E-state index contributed by atoms with van der Waals surface area (Å²) in [5.41, 5.74) is 1.46. The van der Waals surface area contributed by atoms with Crippen LogP contribution in [0, 0.1) is 6.92 Å². The minimum absolute atomic E-state index is 0.112. The van der Waals surface area contributed by atoms with E-state index in [1.54, 1.807) is 6.07 Å². The minimum Gasteiger partial charge on any atom is -0.395 e. The lowest BCUT2D eigenvalue weighted by Crippen LogP contribution is -2.36. The number of nitrogens with zero attached hydrogens (tertiary/aromatic N) is 1. The lowest BCUT2D eigenvalue weighted by molar-refractivity contribution is 0.0684. The fourth-order valence-electron chi connectivity index (χ4n) is 1.55. The second kappa shape index (κ2) is 6.74. The molecule has 0 fully saturated rings. The molecule has 17 heavy (non-hydrogen) atoms. The molecule has 0 radical (unpaired) electrons. The number of aryl methyl sites for hydroxylation is 1. The van der Waals surface area contributed by atoms with Crippen LogP contribution in [0.2, 0.25) is 0 Å². The number of aliphatic hydroxyl groups excluding tert-OH is 2. The summed E-state index contributed by atoms with van der Waals surface area (Å²) in [4.78, 5) is 13.6. The first-order valence-electron chi connectivity index (χ1n) is 5.37. The van der Waals surface area contributed by atoms with Gasteiger partial charge in [0.25, 0.3) is 5.91 Å². The number of carbonyl (C=O) groups is 1. The molecule has 0 saturated carbocycles. The Morgan fingerprint density at radius 2 is 1.88 bits per heavy atom. The van der Waals surface area contributed by atoms with Crippen LogP contribution in [0.25, 0.3) is 0 Å². The molecule has 0 aromatic heterocycles. The second-order valence-electron chi connectivity index (χ2n) is 3.70. The molecule has 0 spiro atoms. The zero-order chi connectivity index (χ0) is 12.8. The number of hydrogen-bond acceptors (Lipinski definition) is 3. The minimum atomic E-state index is -0.174. The highest BCUT2D eigenvalue weighted by molar-refractivity contribution is 9.10. The van der Waals surface area contributed by atoms with Gasteiger partial charge in [0.05, 0.1) is 13.2 Å². The summed E-state index contributed by atoms with van der Waals surface area (Å²) in [5, 5.41) is 17.8. The summed E-state index contributed by atoms with van der Waals surface area (Å²) in [6.07, 6.45) is 0. The summed E-state index contributed by atoms with van der Waals surface area (Å²) in [7, 11) is 0. The average molecular weight is 302 g/mol. The van der Waals surface area contributed by atoms with Gasteiger partial charge in [-0.15, -0.1) is 0 Å². The van der Waals surface area contributed by atoms with Gasteiger partial charge in [0, 0.05) is 23.1 Å². The summed E-state index contributed by atoms with van der Waals surface area (Å²) in [6, 6.07) is 5.47. The van der Waals surface area contributed by atoms with Crippen molar-refractivity contribution in [2.24, 2.45) is 0 Å². The lowest BCUT2D eigenvalue weighted by atomic mass is 10.1. The Hall–Kier alpha value is -0.910. The maximum Gasteiger partial charge on any atom is 0.254 e. The van der Waals surface area contributed by atoms with E-state index < -0.39 is 0 Å². The van der Waals surface area contributed by atoms with Crippen LogP contribution in [0.1, 0.15) is 15.9 Å². The van der Waals surface area contributed by atoms with Crippen molar-refractivity contribution in [3.63, 3.8) is 0 Å². The number of benzene rings is 1. The highest BCUT2D eigenvalue weighted by Crippen LogP contribution is 2.17. The first-order valence-corrected chi connectivity index (χ1v) is 6.16. The fraction of sp³-hybridized carbons (Fsp3) is 0.417. The van der Waals surface area contributed by atoms with Crippen LogP contribution >= 0.6 is 15.9 Å². The van der Waals surface area contributed by atoms with Gasteiger partial charge in [-0.3, -0.25) is 4.79 Å². The number of amides is 1. The van der Waals surface area contributed by atoms with Crippen LogP contribution < -0.4 is 0 Å². The van der Waals surface area contributed by atoms with Crippen molar-refractivity contribution in [1.82, 2.24) is 4.90 Å². The molecule has 0 atom stereocenters. The van der Waals surface area contributed by atoms with Crippen molar-refractivity contribution in [3.8, 4) is 0 Å². The van der Waals surface area contributed by atoms with E-state index in [2.05, 4.69) is 15.9 Å². The molecule has 0 aliphatic heterocycles. The third-order valence-electron chi connectivity index (χ3n) is 2.46. The molecular formula is C12H16BrNO3. The Kier molecular flexibility index (Phi) is 5.61. The van der Waals surface area contributed by atoms with Crippen molar-refractivity contribution in [2.45, 2.75) is 6.92 Å². The van der Waals surface area contributed by atoms with E-state index in [0.29, 0.717) is 5.56 Å². The van der Waals surface area contributed by atoms with E-state index >= 15 is 0 Å². The maximum absolute atomic E-state index is 12.2. The Morgan fingerprint density at radius 3 is 2.41 bits per heavy atom. The predicted molar refractivity (Wildman–Crippen MR) is 69.0 cm³/mol. The Bertz CT molecular complexity index is 389. The van der Waals surface area contributed by atoms with E-state index in [4.69, 9.17) is 10.2 Å². The number of hydrogen-bond donors (Lipinski definition) is 2. The van der Waals surface area contributed by atoms with Crippen LogP contribution in [0.4, 0.5) is 0 Å². The van der Waals surface area contributed by atoms with Crippen LogP contribution in [0.15, 0.2) is 22.7 Å². The number of aliphatic hydroxyl groups is 2. The van der Waals surface area contributed by atoms with Crippen LogP contribution in [0.5, 0.6) is 0 Å². The van der Waals surface area contributed by atoms with Crippen molar-refractivity contribution in [1.29, 1.82) is 0 Å². The number of rotatable bonds is 5. The molecule has 94 valence electrons. The smallest absolute Gasteiger partial charge is 0.254 e. The molecule has 0 saturated heterocycles. The van der Waals surface area contributed by atoms with Crippen LogP contribution in [0.3, 0.4) is 0 Å². The third kappa shape index (κ3) is 3.80. The largest absolute Gasteiger partial charge is 0.395 e. The van der Waals surface area contributed by atoms with E-state index in [0.717, 1.165) is 10.0 Å². The molecule has 1 amide bonds. The zero-order valence-corrected chi connectivity index (χ0v) is 11.3. The Morgan fingerprint density at radius 1 is 1.29 bits per heavy atom. The van der Waals surface area contributed by atoms with Crippen LogP contribution in [-0.2, 0) is 0 Å². The Labute approximate surface area is 109 Å². The molecule has 0 aliphatic rings. The molecule has 0 unspecified atom stereocenters. The molecule has 0 bridgehead atoms. The highest BCUT2D eigenvalue weighted by Gasteiger charge is 2.16. The van der Waals surface area contributed by atoms with Crippen molar-refractivity contribution in [2.75, 3.05) is 26.3 Å². The van der Waals surface area contributed by atoms with Gasteiger partial charge in [-0.25, -0.2) is 0 Å². The normalized spacial score (nSPS) is 10.4. The van der Waals surface area contributed by atoms with Crippen LogP contribution in [-0.4, -0.2) is 47.3 Å². The SMILES string of the molecule is Cc1ccc(Br)cc1C(=O)N(CCO)CCO. The van der Waals surface area contributed by atoms with Gasteiger partial charge in [0.2, 0.25) is 0 Å². The van der Waals surface area contributed by atoms with E-state index in [-0.39, 0.29) is 32.2 Å². The second-order valence-corrected chi connectivity index (χ2v) is 4.61. The van der Waals surface area contributed by atoms with Gasteiger partial charge in [-0.2, -0.15) is 0 Å². The van der Waals surface area contributed by atoms with Gasteiger partial charge in [0.1, 0.15) is 0 Å².